The number of carbonyl (C=O) groups is 1. The van der Waals surface area contributed by atoms with Crippen LogP contribution in [0.1, 0.15) is 98.3 Å². The molecule has 0 aromatic rings. The lowest BCUT2D eigenvalue weighted by molar-refractivity contribution is -0.154. The molecule has 3 nitrogen and oxygen atoms in total. The summed E-state index contributed by atoms with van der Waals surface area (Å²) in [5.74, 6) is 1.98. The first-order chi connectivity index (χ1) is 11.6. The largest absolute Gasteiger partial charge is 0.462 e. The number of nitriles is 1. The standard InChI is InChI=1S/C21H35NO2.CH4/c1-3-18(19-13-10-17(15-22)11-14-19)12-9-16(2)24-21(23)20-7-5-4-6-8-20;/h16-20H,3-14H2,1-2H3;1H4. The minimum absolute atomic E-state index is 0. The van der Waals surface area contributed by atoms with Gasteiger partial charge in [-0.15, -0.1) is 0 Å². The second-order valence-corrected chi connectivity index (χ2v) is 8.07. The Balaban J connectivity index is 0.00000312. The molecule has 0 N–H and O–H groups in total. The maximum absolute atomic E-state index is 12.2. The first-order valence-electron chi connectivity index (χ1n) is 10.2. The van der Waals surface area contributed by atoms with Crippen molar-refractivity contribution < 1.29 is 9.53 Å². The second-order valence-electron chi connectivity index (χ2n) is 8.07. The van der Waals surface area contributed by atoms with Crippen molar-refractivity contribution in [1.82, 2.24) is 0 Å². The van der Waals surface area contributed by atoms with Gasteiger partial charge in [-0.05, 0) is 70.1 Å². The van der Waals surface area contributed by atoms with E-state index in [1.54, 1.807) is 0 Å². The summed E-state index contributed by atoms with van der Waals surface area (Å²) < 4.78 is 5.72. The SMILES string of the molecule is C.CCC(CCC(C)OC(=O)C1CCCCC1)C1CCC(C#N)CC1. The van der Waals surface area contributed by atoms with E-state index in [1.807, 2.05) is 0 Å². The molecule has 2 fully saturated rings. The van der Waals surface area contributed by atoms with Crippen LogP contribution in [0.25, 0.3) is 0 Å². The highest BCUT2D eigenvalue weighted by Crippen LogP contribution is 2.37. The average Bonchev–Trinajstić information content (AvgIpc) is 2.63. The van der Waals surface area contributed by atoms with Crippen molar-refractivity contribution in [3.63, 3.8) is 0 Å². The molecule has 2 aliphatic carbocycles. The number of ether oxygens (including phenoxy) is 1. The van der Waals surface area contributed by atoms with Gasteiger partial charge in [0.15, 0.2) is 0 Å². The van der Waals surface area contributed by atoms with Crippen LogP contribution in [0, 0.1) is 35.0 Å². The average molecular weight is 350 g/mol. The fraction of sp³-hybridized carbons (Fsp3) is 0.909. The van der Waals surface area contributed by atoms with E-state index in [-0.39, 0.29) is 31.3 Å². The quantitative estimate of drug-likeness (QED) is 0.509. The molecule has 0 aromatic carbocycles. The molecule has 25 heavy (non-hydrogen) atoms. The molecule has 0 aliphatic heterocycles. The summed E-state index contributed by atoms with van der Waals surface area (Å²) in [5.41, 5.74) is 0. The fourth-order valence-corrected chi connectivity index (χ4v) is 4.63. The van der Waals surface area contributed by atoms with E-state index < -0.39 is 0 Å². The molecule has 0 heterocycles. The minimum atomic E-state index is 0. The van der Waals surface area contributed by atoms with Crippen LogP contribution >= 0.6 is 0 Å². The van der Waals surface area contributed by atoms with Crippen molar-refractivity contribution >= 4 is 5.97 Å². The van der Waals surface area contributed by atoms with Crippen molar-refractivity contribution in [1.29, 1.82) is 5.26 Å². The fourth-order valence-electron chi connectivity index (χ4n) is 4.63. The zero-order valence-corrected chi connectivity index (χ0v) is 15.6. The van der Waals surface area contributed by atoms with Crippen molar-refractivity contribution in [3.8, 4) is 6.07 Å². The van der Waals surface area contributed by atoms with Crippen LogP contribution in [-0.2, 0) is 9.53 Å². The van der Waals surface area contributed by atoms with Crippen LogP contribution in [0.4, 0.5) is 0 Å². The van der Waals surface area contributed by atoms with Gasteiger partial charge in [0.2, 0.25) is 0 Å². The van der Waals surface area contributed by atoms with E-state index in [0.29, 0.717) is 0 Å². The summed E-state index contributed by atoms with van der Waals surface area (Å²) in [4.78, 5) is 12.2. The van der Waals surface area contributed by atoms with Crippen LogP contribution in [0.2, 0.25) is 0 Å². The molecule has 0 aromatic heterocycles. The zero-order valence-electron chi connectivity index (χ0n) is 15.6. The molecule has 0 spiro atoms. The molecule has 144 valence electrons. The van der Waals surface area contributed by atoms with E-state index in [1.165, 1.54) is 38.5 Å². The molecular formula is C22H39NO2. The molecule has 0 amide bonds. The van der Waals surface area contributed by atoms with Crippen LogP contribution in [0.3, 0.4) is 0 Å². The van der Waals surface area contributed by atoms with Crippen LogP contribution in [0.5, 0.6) is 0 Å². The third-order valence-electron chi connectivity index (χ3n) is 6.35. The smallest absolute Gasteiger partial charge is 0.309 e. The number of hydrogen-bond donors (Lipinski definition) is 0. The van der Waals surface area contributed by atoms with Crippen LogP contribution in [-0.4, -0.2) is 12.1 Å². The van der Waals surface area contributed by atoms with Gasteiger partial charge >= 0.3 is 5.97 Å². The monoisotopic (exact) mass is 349 g/mol. The molecule has 3 heteroatoms. The Bertz CT molecular complexity index is 414. The maximum atomic E-state index is 12.2. The highest BCUT2D eigenvalue weighted by atomic mass is 16.5. The Morgan fingerprint density at radius 2 is 1.72 bits per heavy atom. The topological polar surface area (TPSA) is 50.1 Å². The summed E-state index contributed by atoms with van der Waals surface area (Å²) in [6, 6.07) is 2.43. The Morgan fingerprint density at radius 3 is 2.28 bits per heavy atom. The van der Waals surface area contributed by atoms with Crippen molar-refractivity contribution in [2.45, 2.75) is 104 Å². The molecule has 2 saturated carbocycles. The summed E-state index contributed by atoms with van der Waals surface area (Å²) in [6.07, 6.45) is 13.6. The van der Waals surface area contributed by atoms with Crippen molar-refractivity contribution in [3.05, 3.63) is 0 Å². The summed E-state index contributed by atoms with van der Waals surface area (Å²) in [7, 11) is 0. The highest BCUT2D eigenvalue weighted by molar-refractivity contribution is 5.72. The predicted molar refractivity (Wildman–Crippen MR) is 103 cm³/mol. The van der Waals surface area contributed by atoms with Crippen molar-refractivity contribution in [2.24, 2.45) is 23.7 Å². The van der Waals surface area contributed by atoms with E-state index in [0.717, 1.165) is 50.4 Å². The van der Waals surface area contributed by atoms with Gasteiger partial charge in [-0.3, -0.25) is 4.79 Å². The Labute approximate surface area is 155 Å². The maximum Gasteiger partial charge on any atom is 0.309 e. The van der Waals surface area contributed by atoms with Gasteiger partial charge in [-0.25, -0.2) is 0 Å². The molecule has 2 aliphatic rings. The van der Waals surface area contributed by atoms with Gasteiger partial charge in [0, 0.05) is 5.92 Å². The third kappa shape index (κ3) is 7.00. The van der Waals surface area contributed by atoms with E-state index in [9.17, 15) is 4.79 Å². The van der Waals surface area contributed by atoms with E-state index in [4.69, 9.17) is 10.00 Å². The van der Waals surface area contributed by atoms with Crippen molar-refractivity contribution in [2.75, 3.05) is 0 Å². The zero-order chi connectivity index (χ0) is 17.4. The first-order valence-corrected chi connectivity index (χ1v) is 10.2. The number of hydrogen-bond acceptors (Lipinski definition) is 3. The van der Waals surface area contributed by atoms with Gasteiger partial charge in [0.05, 0.1) is 18.1 Å². The van der Waals surface area contributed by atoms with E-state index in [2.05, 4.69) is 19.9 Å². The summed E-state index contributed by atoms with van der Waals surface area (Å²) in [6.45, 7) is 4.33. The van der Waals surface area contributed by atoms with Crippen LogP contribution in [0.15, 0.2) is 0 Å². The molecule has 2 atom stereocenters. The minimum Gasteiger partial charge on any atom is -0.462 e. The third-order valence-corrected chi connectivity index (χ3v) is 6.35. The Kier molecular flexibility index (Phi) is 10.2. The van der Waals surface area contributed by atoms with Gasteiger partial charge < -0.3 is 4.74 Å². The summed E-state index contributed by atoms with van der Waals surface area (Å²) in [5, 5.41) is 9.04. The number of carbonyl (C=O) groups excluding carboxylic acids is 1. The van der Waals surface area contributed by atoms with Gasteiger partial charge in [0.1, 0.15) is 0 Å². The van der Waals surface area contributed by atoms with E-state index >= 15 is 0 Å². The molecule has 0 saturated heterocycles. The number of rotatable bonds is 7. The molecule has 0 radical (unpaired) electrons. The number of esters is 1. The van der Waals surface area contributed by atoms with Crippen LogP contribution < -0.4 is 0 Å². The first kappa shape index (κ1) is 22.0. The predicted octanol–water partition coefficient (Wildman–Crippen LogP) is 6.27. The Morgan fingerprint density at radius 1 is 1.08 bits per heavy atom. The molecular weight excluding hydrogens is 310 g/mol. The van der Waals surface area contributed by atoms with Gasteiger partial charge in [0.25, 0.3) is 0 Å². The second kappa shape index (κ2) is 11.6. The normalized spacial score (nSPS) is 26.8. The number of nitrogens with zero attached hydrogens (tertiary/aromatic N) is 1. The highest BCUT2D eigenvalue weighted by Gasteiger charge is 2.28. The molecule has 0 bridgehead atoms. The van der Waals surface area contributed by atoms with Gasteiger partial charge in [-0.2, -0.15) is 5.26 Å². The van der Waals surface area contributed by atoms with Gasteiger partial charge in [-0.1, -0.05) is 40.0 Å². The lowest BCUT2D eigenvalue weighted by atomic mass is 9.73. The molecule has 2 rings (SSSR count). The molecule has 2 unspecified atom stereocenters. The lowest BCUT2D eigenvalue weighted by Crippen LogP contribution is -2.26. The Hall–Kier alpha value is -1.04. The summed E-state index contributed by atoms with van der Waals surface area (Å²) >= 11 is 0. The lowest BCUT2D eigenvalue weighted by Gasteiger charge is -2.32.